The highest BCUT2D eigenvalue weighted by Gasteiger charge is 2.25. The second-order valence-electron chi connectivity index (χ2n) is 4.45. The first-order chi connectivity index (χ1) is 8.70. The van der Waals surface area contributed by atoms with Gasteiger partial charge in [0.2, 0.25) is 0 Å². The molecule has 96 valence electrons. The van der Waals surface area contributed by atoms with Crippen molar-refractivity contribution in [3.8, 4) is 0 Å². The number of aromatic amines is 1. The number of rotatable bonds is 2. The number of hydrogen-bond acceptors (Lipinski definition) is 2. The van der Waals surface area contributed by atoms with Crippen LogP contribution in [0.4, 0.5) is 0 Å². The molecule has 3 rings (SSSR count). The summed E-state index contributed by atoms with van der Waals surface area (Å²) >= 11 is 12.3. The number of benzene rings is 1. The van der Waals surface area contributed by atoms with Gasteiger partial charge in [-0.3, -0.25) is 0 Å². The summed E-state index contributed by atoms with van der Waals surface area (Å²) in [6, 6.07) is 3.66. The Balaban J connectivity index is 2.20. The molecule has 18 heavy (non-hydrogen) atoms. The van der Waals surface area contributed by atoms with Gasteiger partial charge in [-0.1, -0.05) is 23.2 Å². The molecule has 1 aliphatic rings. The summed E-state index contributed by atoms with van der Waals surface area (Å²) in [7, 11) is 0. The van der Waals surface area contributed by atoms with Crippen LogP contribution in [0.2, 0.25) is 10.0 Å². The molecule has 0 amide bonds. The highest BCUT2D eigenvalue weighted by atomic mass is 35.5. The van der Waals surface area contributed by atoms with E-state index in [0.29, 0.717) is 23.1 Å². The van der Waals surface area contributed by atoms with E-state index in [1.165, 1.54) is 5.56 Å². The van der Waals surface area contributed by atoms with E-state index in [4.69, 9.17) is 33.0 Å². The van der Waals surface area contributed by atoms with Crippen LogP contribution in [-0.4, -0.2) is 23.3 Å². The van der Waals surface area contributed by atoms with Crippen LogP contribution >= 0.6 is 23.2 Å². The summed E-state index contributed by atoms with van der Waals surface area (Å²) in [5.74, 6) is 0. The third-order valence-corrected chi connectivity index (χ3v) is 3.87. The molecular weight excluding hydrogens is 273 g/mol. The van der Waals surface area contributed by atoms with E-state index in [2.05, 4.69) is 4.98 Å². The fraction of sp³-hybridized carbons (Fsp3) is 0.385. The average molecular weight is 286 g/mol. The Morgan fingerprint density at radius 2 is 2.22 bits per heavy atom. The van der Waals surface area contributed by atoms with Gasteiger partial charge in [-0.05, 0) is 24.1 Å². The van der Waals surface area contributed by atoms with Crippen LogP contribution in [0, 0.1) is 0 Å². The molecule has 0 saturated heterocycles. The topological polar surface area (TPSA) is 45.2 Å². The predicted octanol–water partition coefficient (Wildman–Crippen LogP) is 3.47. The third-order valence-electron chi connectivity index (χ3n) is 3.35. The molecule has 1 aromatic heterocycles. The van der Waals surface area contributed by atoms with Crippen LogP contribution in [0.3, 0.4) is 0 Å². The minimum atomic E-state index is -0.0824. The van der Waals surface area contributed by atoms with Gasteiger partial charge >= 0.3 is 0 Å². The minimum Gasteiger partial charge on any atom is -0.396 e. The van der Waals surface area contributed by atoms with E-state index in [1.54, 1.807) is 6.07 Å². The second-order valence-corrected chi connectivity index (χ2v) is 5.29. The van der Waals surface area contributed by atoms with Crippen molar-refractivity contribution in [2.45, 2.75) is 18.9 Å². The van der Waals surface area contributed by atoms with E-state index in [-0.39, 0.29) is 12.7 Å². The normalized spacial score (nSPS) is 19.2. The van der Waals surface area contributed by atoms with Gasteiger partial charge < -0.3 is 14.8 Å². The first-order valence-electron chi connectivity index (χ1n) is 5.92. The van der Waals surface area contributed by atoms with Crippen molar-refractivity contribution in [3.05, 3.63) is 33.4 Å². The zero-order chi connectivity index (χ0) is 12.7. The molecule has 0 saturated carbocycles. The molecule has 0 bridgehead atoms. The number of hydrogen-bond donors (Lipinski definition) is 2. The summed E-state index contributed by atoms with van der Waals surface area (Å²) in [4.78, 5) is 3.32. The van der Waals surface area contributed by atoms with E-state index in [1.807, 2.05) is 6.07 Å². The molecule has 1 unspecified atom stereocenters. The van der Waals surface area contributed by atoms with Gasteiger partial charge in [-0.15, -0.1) is 0 Å². The lowest BCUT2D eigenvalue weighted by Gasteiger charge is -2.22. The average Bonchev–Trinajstić information content (AvgIpc) is 2.70. The minimum absolute atomic E-state index is 0.0824. The van der Waals surface area contributed by atoms with Gasteiger partial charge in [0.15, 0.2) is 0 Å². The van der Waals surface area contributed by atoms with Crippen LogP contribution in [0.1, 0.15) is 23.8 Å². The van der Waals surface area contributed by atoms with Gasteiger partial charge in [0.25, 0.3) is 0 Å². The zero-order valence-electron chi connectivity index (χ0n) is 9.67. The number of halogens is 2. The highest BCUT2D eigenvalue weighted by molar-refractivity contribution is 6.38. The Morgan fingerprint density at radius 3 is 3.00 bits per heavy atom. The molecular formula is C13H13Cl2NO2. The molecule has 2 N–H and O–H groups in total. The quantitative estimate of drug-likeness (QED) is 0.888. The molecule has 0 radical (unpaired) electrons. The van der Waals surface area contributed by atoms with Crippen molar-refractivity contribution < 1.29 is 9.84 Å². The van der Waals surface area contributed by atoms with Gasteiger partial charge in [-0.25, -0.2) is 0 Å². The Kier molecular flexibility index (Phi) is 3.24. The van der Waals surface area contributed by atoms with Crippen LogP contribution in [0.5, 0.6) is 0 Å². The zero-order valence-corrected chi connectivity index (χ0v) is 11.2. The number of H-pyrrole nitrogens is 1. The van der Waals surface area contributed by atoms with Crippen molar-refractivity contribution >= 4 is 34.1 Å². The predicted molar refractivity (Wildman–Crippen MR) is 72.4 cm³/mol. The molecule has 5 heteroatoms. The standard InChI is InChI=1S/C13H13Cl2NO2/c14-7-5-9-8-2-4-18-11(1-3-17)13(8)16-12(9)10(15)6-7/h5-6,11,16-17H,1-4H2. The lowest BCUT2D eigenvalue weighted by atomic mass is 10.0. The summed E-state index contributed by atoms with van der Waals surface area (Å²) in [5, 5.41) is 11.4. The van der Waals surface area contributed by atoms with E-state index in [0.717, 1.165) is 23.0 Å². The summed E-state index contributed by atoms with van der Waals surface area (Å²) in [6.45, 7) is 0.767. The first kappa shape index (κ1) is 12.3. The van der Waals surface area contributed by atoms with E-state index >= 15 is 0 Å². The smallest absolute Gasteiger partial charge is 0.0997 e. The molecule has 3 nitrogen and oxygen atoms in total. The number of ether oxygens (including phenoxy) is 1. The SMILES string of the molecule is OCCC1OCCc2c1[nH]c1c(Cl)cc(Cl)cc21. The molecule has 1 aromatic carbocycles. The Labute approximate surface area is 115 Å². The monoisotopic (exact) mass is 285 g/mol. The van der Waals surface area contributed by atoms with Gasteiger partial charge in [0.05, 0.1) is 23.3 Å². The molecule has 0 fully saturated rings. The number of aliphatic hydroxyl groups excluding tert-OH is 1. The third kappa shape index (κ3) is 1.91. The van der Waals surface area contributed by atoms with Crippen LogP contribution in [0.25, 0.3) is 10.9 Å². The summed E-state index contributed by atoms with van der Waals surface area (Å²) < 4.78 is 5.68. The lowest BCUT2D eigenvalue weighted by Crippen LogP contribution is -2.16. The van der Waals surface area contributed by atoms with E-state index < -0.39 is 0 Å². The molecule has 1 atom stereocenters. The van der Waals surface area contributed by atoms with Crippen molar-refractivity contribution in [2.24, 2.45) is 0 Å². The van der Waals surface area contributed by atoms with Gasteiger partial charge in [-0.2, -0.15) is 0 Å². The lowest BCUT2D eigenvalue weighted by molar-refractivity contribution is 0.0232. The Morgan fingerprint density at radius 1 is 1.39 bits per heavy atom. The van der Waals surface area contributed by atoms with Crippen molar-refractivity contribution in [2.75, 3.05) is 13.2 Å². The summed E-state index contributed by atoms with van der Waals surface area (Å²) in [6.07, 6.45) is 1.35. The fourth-order valence-electron chi connectivity index (χ4n) is 2.57. The molecule has 1 aliphatic heterocycles. The van der Waals surface area contributed by atoms with Crippen LogP contribution in [-0.2, 0) is 11.2 Å². The maximum atomic E-state index is 9.08. The number of nitrogens with one attached hydrogen (secondary N) is 1. The molecule has 0 aliphatic carbocycles. The Bertz CT molecular complexity index is 594. The highest BCUT2D eigenvalue weighted by Crippen LogP contribution is 2.38. The van der Waals surface area contributed by atoms with Crippen molar-refractivity contribution in [3.63, 3.8) is 0 Å². The summed E-state index contributed by atoms with van der Waals surface area (Å²) in [5.41, 5.74) is 3.13. The van der Waals surface area contributed by atoms with Crippen molar-refractivity contribution in [1.82, 2.24) is 4.98 Å². The first-order valence-corrected chi connectivity index (χ1v) is 6.68. The number of aliphatic hydroxyl groups is 1. The van der Waals surface area contributed by atoms with Gasteiger partial charge in [0.1, 0.15) is 0 Å². The fourth-order valence-corrected chi connectivity index (χ4v) is 3.11. The molecule has 0 spiro atoms. The van der Waals surface area contributed by atoms with Gasteiger partial charge in [0, 0.05) is 29.1 Å². The molecule has 2 heterocycles. The largest absolute Gasteiger partial charge is 0.396 e. The second kappa shape index (κ2) is 4.74. The maximum Gasteiger partial charge on any atom is 0.0997 e. The Hall–Kier alpha value is -0.740. The molecule has 2 aromatic rings. The van der Waals surface area contributed by atoms with Crippen LogP contribution < -0.4 is 0 Å². The van der Waals surface area contributed by atoms with E-state index in [9.17, 15) is 0 Å². The number of fused-ring (bicyclic) bond motifs is 3. The maximum absolute atomic E-state index is 9.08. The van der Waals surface area contributed by atoms with Crippen molar-refractivity contribution in [1.29, 1.82) is 0 Å². The number of aromatic nitrogens is 1. The van der Waals surface area contributed by atoms with Crippen LogP contribution in [0.15, 0.2) is 12.1 Å².